The second-order valence-corrected chi connectivity index (χ2v) is 5.43. The van der Waals surface area contributed by atoms with Crippen molar-refractivity contribution in [3.63, 3.8) is 0 Å². The molecule has 1 aliphatic carbocycles. The maximum absolute atomic E-state index is 10.6. The van der Waals surface area contributed by atoms with E-state index in [1.165, 1.54) is 25.3 Å². The van der Waals surface area contributed by atoms with Gasteiger partial charge in [-0.2, -0.15) is 0 Å². The Balaban J connectivity index is 2.14. The summed E-state index contributed by atoms with van der Waals surface area (Å²) in [5.74, 6) is 0.664. The first-order valence-electron chi connectivity index (χ1n) is 5.78. The third-order valence-electron chi connectivity index (χ3n) is 3.37. The molecule has 92 valence electrons. The van der Waals surface area contributed by atoms with Gasteiger partial charge in [0.1, 0.15) is 0 Å². The monoisotopic (exact) mass is 298 g/mol. The first kappa shape index (κ1) is 12.4. The lowest BCUT2D eigenvalue weighted by atomic mass is 10.1. The number of nitro benzene ring substituents is 1. The highest BCUT2D eigenvalue weighted by atomic mass is 79.9. The molecular weight excluding hydrogens is 284 g/mol. The Hall–Kier alpha value is -1.10. The molecule has 2 unspecified atom stereocenters. The summed E-state index contributed by atoms with van der Waals surface area (Å²) >= 11 is 3.38. The number of benzene rings is 1. The zero-order chi connectivity index (χ0) is 12.4. The molecule has 1 aromatic rings. The zero-order valence-electron chi connectivity index (χ0n) is 9.65. The molecule has 1 fully saturated rings. The number of anilines is 1. The van der Waals surface area contributed by atoms with E-state index in [1.807, 2.05) is 0 Å². The van der Waals surface area contributed by atoms with Crippen LogP contribution in [0, 0.1) is 16.0 Å². The van der Waals surface area contributed by atoms with Crippen LogP contribution in [-0.4, -0.2) is 11.0 Å². The second kappa shape index (κ2) is 5.04. The van der Waals surface area contributed by atoms with Crippen LogP contribution in [0.4, 0.5) is 11.4 Å². The Morgan fingerprint density at radius 2 is 2.24 bits per heavy atom. The molecule has 0 radical (unpaired) electrons. The van der Waals surface area contributed by atoms with Gasteiger partial charge in [0.15, 0.2) is 0 Å². The Labute approximate surface area is 109 Å². The minimum absolute atomic E-state index is 0.113. The van der Waals surface area contributed by atoms with Gasteiger partial charge in [0.05, 0.1) is 4.92 Å². The number of non-ortho nitro benzene ring substituents is 1. The summed E-state index contributed by atoms with van der Waals surface area (Å²) in [6, 6.07) is 5.33. The lowest BCUT2D eigenvalue weighted by molar-refractivity contribution is -0.384. The molecule has 1 aliphatic rings. The van der Waals surface area contributed by atoms with E-state index < -0.39 is 0 Å². The maximum atomic E-state index is 10.6. The van der Waals surface area contributed by atoms with Gasteiger partial charge in [0.2, 0.25) is 0 Å². The van der Waals surface area contributed by atoms with E-state index in [9.17, 15) is 10.1 Å². The van der Waals surface area contributed by atoms with Crippen molar-refractivity contribution in [2.24, 2.45) is 5.92 Å². The molecule has 5 heteroatoms. The van der Waals surface area contributed by atoms with E-state index in [0.717, 1.165) is 10.2 Å². The van der Waals surface area contributed by atoms with E-state index in [2.05, 4.69) is 28.2 Å². The Morgan fingerprint density at radius 3 is 2.76 bits per heavy atom. The molecule has 4 nitrogen and oxygen atoms in total. The molecule has 0 amide bonds. The molecule has 0 heterocycles. The van der Waals surface area contributed by atoms with Crippen LogP contribution in [0.1, 0.15) is 26.2 Å². The Morgan fingerprint density at radius 1 is 1.47 bits per heavy atom. The van der Waals surface area contributed by atoms with Crippen molar-refractivity contribution in [2.45, 2.75) is 32.2 Å². The van der Waals surface area contributed by atoms with Gasteiger partial charge in [0, 0.05) is 28.3 Å². The fourth-order valence-electron chi connectivity index (χ4n) is 2.29. The normalized spacial score (nSPS) is 23.6. The molecule has 1 saturated carbocycles. The van der Waals surface area contributed by atoms with E-state index in [1.54, 1.807) is 12.1 Å². The van der Waals surface area contributed by atoms with Crippen molar-refractivity contribution in [2.75, 3.05) is 5.32 Å². The van der Waals surface area contributed by atoms with Crippen molar-refractivity contribution in [1.29, 1.82) is 0 Å². The first-order valence-corrected chi connectivity index (χ1v) is 6.57. The zero-order valence-corrected chi connectivity index (χ0v) is 11.2. The predicted molar refractivity (Wildman–Crippen MR) is 71.2 cm³/mol. The minimum atomic E-state index is -0.382. The van der Waals surface area contributed by atoms with Gasteiger partial charge in [-0.15, -0.1) is 0 Å². The molecule has 2 atom stereocenters. The molecule has 0 saturated heterocycles. The van der Waals surface area contributed by atoms with Crippen molar-refractivity contribution >= 4 is 27.3 Å². The third kappa shape index (κ3) is 2.77. The number of hydrogen-bond acceptors (Lipinski definition) is 3. The number of nitrogens with one attached hydrogen (secondary N) is 1. The number of nitro groups is 1. The lowest BCUT2D eigenvalue weighted by Gasteiger charge is -2.19. The fraction of sp³-hybridized carbons (Fsp3) is 0.500. The highest BCUT2D eigenvalue weighted by Crippen LogP contribution is 2.32. The summed E-state index contributed by atoms with van der Waals surface area (Å²) in [7, 11) is 0. The molecule has 1 aromatic carbocycles. The molecule has 0 aliphatic heterocycles. The average Bonchev–Trinajstić information content (AvgIpc) is 2.67. The first-order chi connectivity index (χ1) is 8.08. The maximum Gasteiger partial charge on any atom is 0.270 e. The van der Waals surface area contributed by atoms with E-state index in [0.29, 0.717) is 12.0 Å². The molecule has 0 aromatic heterocycles. The van der Waals surface area contributed by atoms with Crippen LogP contribution in [0.2, 0.25) is 0 Å². The molecule has 0 spiro atoms. The van der Waals surface area contributed by atoms with Crippen LogP contribution in [-0.2, 0) is 0 Å². The van der Waals surface area contributed by atoms with Gasteiger partial charge < -0.3 is 5.32 Å². The standard InChI is InChI=1S/C12H15BrN2O2/c1-8-3-2-4-11(8)14-12-6-5-9(15(16)17)7-10(12)13/h5-8,11,14H,2-4H2,1H3. The summed E-state index contributed by atoms with van der Waals surface area (Å²) in [6.07, 6.45) is 3.68. The molecule has 0 bridgehead atoms. The van der Waals surface area contributed by atoms with Crippen LogP contribution < -0.4 is 5.32 Å². The minimum Gasteiger partial charge on any atom is -0.381 e. The molecule has 17 heavy (non-hydrogen) atoms. The lowest BCUT2D eigenvalue weighted by Crippen LogP contribution is -2.21. The van der Waals surface area contributed by atoms with E-state index >= 15 is 0 Å². The molecular formula is C12H15BrN2O2. The van der Waals surface area contributed by atoms with Gasteiger partial charge in [-0.3, -0.25) is 10.1 Å². The number of hydrogen-bond donors (Lipinski definition) is 1. The Bertz CT molecular complexity index is 437. The molecule has 2 rings (SSSR count). The average molecular weight is 299 g/mol. The summed E-state index contributed by atoms with van der Waals surface area (Å²) in [6.45, 7) is 2.24. The highest BCUT2D eigenvalue weighted by Gasteiger charge is 2.23. The number of nitrogens with zero attached hydrogens (tertiary/aromatic N) is 1. The van der Waals surface area contributed by atoms with Crippen LogP contribution in [0.25, 0.3) is 0 Å². The fourth-order valence-corrected chi connectivity index (χ4v) is 2.78. The van der Waals surface area contributed by atoms with E-state index in [-0.39, 0.29) is 10.6 Å². The van der Waals surface area contributed by atoms with Crippen LogP contribution in [0.15, 0.2) is 22.7 Å². The van der Waals surface area contributed by atoms with Crippen molar-refractivity contribution in [1.82, 2.24) is 0 Å². The van der Waals surface area contributed by atoms with Crippen LogP contribution >= 0.6 is 15.9 Å². The van der Waals surface area contributed by atoms with Gasteiger partial charge in [-0.1, -0.05) is 13.3 Å². The van der Waals surface area contributed by atoms with Crippen LogP contribution in [0.5, 0.6) is 0 Å². The summed E-state index contributed by atoms with van der Waals surface area (Å²) in [4.78, 5) is 10.2. The SMILES string of the molecule is CC1CCCC1Nc1ccc([N+](=O)[O-])cc1Br. The number of halogens is 1. The topological polar surface area (TPSA) is 55.2 Å². The van der Waals surface area contributed by atoms with Gasteiger partial charge >= 0.3 is 0 Å². The predicted octanol–water partition coefficient (Wildman–Crippen LogP) is 3.96. The highest BCUT2D eigenvalue weighted by molar-refractivity contribution is 9.10. The smallest absolute Gasteiger partial charge is 0.270 e. The summed E-state index contributed by atoms with van der Waals surface area (Å²) in [5, 5.41) is 14.1. The van der Waals surface area contributed by atoms with Crippen LogP contribution in [0.3, 0.4) is 0 Å². The number of rotatable bonds is 3. The van der Waals surface area contributed by atoms with Crippen molar-refractivity contribution in [3.8, 4) is 0 Å². The van der Waals surface area contributed by atoms with Crippen molar-refractivity contribution < 1.29 is 4.92 Å². The molecule has 1 N–H and O–H groups in total. The van der Waals surface area contributed by atoms with Gasteiger partial charge in [-0.25, -0.2) is 0 Å². The second-order valence-electron chi connectivity index (χ2n) is 4.58. The third-order valence-corrected chi connectivity index (χ3v) is 4.02. The summed E-state index contributed by atoms with van der Waals surface area (Å²) < 4.78 is 0.755. The van der Waals surface area contributed by atoms with Gasteiger partial charge in [-0.05, 0) is 40.8 Å². The van der Waals surface area contributed by atoms with Crippen molar-refractivity contribution in [3.05, 3.63) is 32.8 Å². The summed E-state index contributed by atoms with van der Waals surface area (Å²) in [5.41, 5.74) is 1.05. The Kier molecular flexibility index (Phi) is 3.66. The largest absolute Gasteiger partial charge is 0.381 e. The quantitative estimate of drug-likeness (QED) is 0.679. The van der Waals surface area contributed by atoms with Gasteiger partial charge in [0.25, 0.3) is 5.69 Å². The van der Waals surface area contributed by atoms with E-state index in [4.69, 9.17) is 0 Å².